The van der Waals surface area contributed by atoms with Crippen LogP contribution in [0.5, 0.6) is 0 Å². The molecule has 1 aliphatic heterocycles. The zero-order chi connectivity index (χ0) is 19.8. The number of rotatable bonds is 5. The van der Waals surface area contributed by atoms with Crippen molar-refractivity contribution in [3.8, 4) is 0 Å². The van der Waals surface area contributed by atoms with E-state index in [0.717, 1.165) is 33.4 Å². The van der Waals surface area contributed by atoms with Gasteiger partial charge >= 0.3 is 0 Å². The summed E-state index contributed by atoms with van der Waals surface area (Å²) >= 11 is 0. The molecule has 8 nitrogen and oxygen atoms in total. The molecule has 0 saturated carbocycles. The molecular formula is C21H17N7O. The van der Waals surface area contributed by atoms with Gasteiger partial charge in [-0.05, 0) is 41.5 Å². The van der Waals surface area contributed by atoms with Gasteiger partial charge in [-0.3, -0.25) is 9.79 Å². The molecule has 0 atom stereocenters. The molecule has 0 fully saturated rings. The Hall–Kier alpha value is -4.07. The minimum Gasteiger partial charge on any atom is -0.368 e. The lowest BCUT2D eigenvalue weighted by Crippen LogP contribution is -2.16. The van der Waals surface area contributed by atoms with Gasteiger partial charge in [-0.1, -0.05) is 12.1 Å². The average molecular weight is 383 g/mol. The summed E-state index contributed by atoms with van der Waals surface area (Å²) < 4.78 is 0. The average Bonchev–Trinajstić information content (AvgIpc) is 3.34. The summed E-state index contributed by atoms with van der Waals surface area (Å²) in [5, 5.41) is 3.19. The second kappa shape index (κ2) is 6.83. The fraction of sp³-hybridized carbons (Fsp3) is 0.0952. The van der Waals surface area contributed by atoms with Crippen LogP contribution < -0.4 is 11.1 Å². The lowest BCUT2D eigenvalue weighted by molar-refractivity contribution is -0.112. The summed E-state index contributed by atoms with van der Waals surface area (Å²) in [7, 11) is 0. The van der Waals surface area contributed by atoms with Gasteiger partial charge in [-0.25, -0.2) is 9.97 Å². The molecule has 0 unspecified atom stereocenters. The number of carbonyl (C=O) groups is 1. The number of aliphatic imine (C=N–C) groups is 1. The summed E-state index contributed by atoms with van der Waals surface area (Å²) in [5.41, 5.74) is 11.6. The van der Waals surface area contributed by atoms with E-state index in [2.05, 4.69) is 30.2 Å². The zero-order valence-electron chi connectivity index (χ0n) is 15.4. The Morgan fingerprint density at radius 3 is 2.97 bits per heavy atom. The molecule has 2 aromatic carbocycles. The fourth-order valence-corrected chi connectivity index (χ4v) is 3.45. The maximum atomic E-state index is 13.0. The Morgan fingerprint density at radius 1 is 1.14 bits per heavy atom. The molecule has 142 valence electrons. The SMILES string of the molecule is Nc1nccc(Nc2ccc3c(c2)C(C(=O)Cc2ccc4nc[nH]c4c2)=NC3)n1. The largest absolute Gasteiger partial charge is 0.368 e. The monoisotopic (exact) mass is 383 g/mol. The summed E-state index contributed by atoms with van der Waals surface area (Å²) in [6.07, 6.45) is 3.52. The minimum absolute atomic E-state index is 0.00829. The summed E-state index contributed by atoms with van der Waals surface area (Å²) in [6, 6.07) is 13.4. The summed E-state index contributed by atoms with van der Waals surface area (Å²) in [5.74, 6) is 0.780. The van der Waals surface area contributed by atoms with E-state index in [0.29, 0.717) is 18.1 Å². The normalized spacial score (nSPS) is 12.6. The van der Waals surface area contributed by atoms with Gasteiger partial charge in [0.2, 0.25) is 5.95 Å². The van der Waals surface area contributed by atoms with Crippen LogP contribution in [0.4, 0.5) is 17.5 Å². The zero-order valence-corrected chi connectivity index (χ0v) is 15.4. The number of aromatic amines is 1. The topological polar surface area (TPSA) is 122 Å². The number of nitrogens with one attached hydrogen (secondary N) is 2. The van der Waals surface area contributed by atoms with Crippen molar-refractivity contribution in [1.82, 2.24) is 19.9 Å². The number of aromatic nitrogens is 4. The maximum absolute atomic E-state index is 13.0. The van der Waals surface area contributed by atoms with E-state index in [4.69, 9.17) is 5.73 Å². The standard InChI is InChI=1S/C21H17N7O/c22-21-23-6-5-19(28-21)27-14-3-2-13-10-24-20(15(13)9-14)18(29)8-12-1-4-16-17(7-12)26-11-25-16/h1-7,9,11H,8,10H2,(H,25,26)(H3,22,23,27,28). The van der Waals surface area contributed by atoms with Crippen molar-refractivity contribution in [1.29, 1.82) is 0 Å². The van der Waals surface area contributed by atoms with E-state index < -0.39 is 0 Å². The predicted molar refractivity (Wildman–Crippen MR) is 111 cm³/mol. The molecular weight excluding hydrogens is 366 g/mol. The third-order valence-corrected chi connectivity index (χ3v) is 4.83. The molecule has 3 heterocycles. The predicted octanol–water partition coefficient (Wildman–Crippen LogP) is 2.79. The van der Waals surface area contributed by atoms with Gasteiger partial charge in [0, 0.05) is 23.9 Å². The highest BCUT2D eigenvalue weighted by Crippen LogP contribution is 2.26. The highest BCUT2D eigenvalue weighted by molar-refractivity contribution is 6.47. The molecule has 4 N–H and O–H groups in total. The molecule has 4 aromatic rings. The Kier molecular flexibility index (Phi) is 4.02. The van der Waals surface area contributed by atoms with Crippen LogP contribution in [0.3, 0.4) is 0 Å². The van der Waals surface area contributed by atoms with Crippen LogP contribution in [-0.2, 0) is 17.8 Å². The molecule has 0 aliphatic carbocycles. The number of carbonyl (C=O) groups excluding carboxylic acids is 1. The summed E-state index contributed by atoms with van der Waals surface area (Å²) in [4.78, 5) is 32.7. The van der Waals surface area contributed by atoms with Crippen LogP contribution in [0.1, 0.15) is 16.7 Å². The second-order valence-corrected chi connectivity index (χ2v) is 6.82. The van der Waals surface area contributed by atoms with E-state index in [1.165, 1.54) is 0 Å². The number of H-pyrrole nitrogens is 1. The van der Waals surface area contributed by atoms with Crippen LogP contribution in [0.25, 0.3) is 11.0 Å². The fourth-order valence-electron chi connectivity index (χ4n) is 3.45. The van der Waals surface area contributed by atoms with E-state index in [1.54, 1.807) is 18.6 Å². The highest BCUT2D eigenvalue weighted by Gasteiger charge is 2.23. The Balaban J connectivity index is 1.38. The quantitative estimate of drug-likeness (QED) is 0.487. The van der Waals surface area contributed by atoms with Gasteiger partial charge in [-0.15, -0.1) is 0 Å². The van der Waals surface area contributed by atoms with Gasteiger partial charge in [-0.2, -0.15) is 4.98 Å². The smallest absolute Gasteiger partial charge is 0.221 e. The first kappa shape index (κ1) is 17.1. The van der Waals surface area contributed by atoms with Crippen molar-refractivity contribution in [2.45, 2.75) is 13.0 Å². The van der Waals surface area contributed by atoms with E-state index in [1.807, 2.05) is 36.4 Å². The number of benzene rings is 2. The van der Waals surface area contributed by atoms with Gasteiger partial charge in [0.1, 0.15) is 11.5 Å². The van der Waals surface area contributed by atoms with Crippen molar-refractivity contribution in [3.05, 3.63) is 71.7 Å². The van der Waals surface area contributed by atoms with Gasteiger partial charge in [0.25, 0.3) is 0 Å². The number of imidazole rings is 1. The molecule has 0 amide bonds. The molecule has 0 spiro atoms. The third kappa shape index (κ3) is 3.31. The van der Waals surface area contributed by atoms with Crippen LogP contribution in [-0.4, -0.2) is 31.4 Å². The van der Waals surface area contributed by atoms with Crippen LogP contribution in [0.15, 0.2) is 60.0 Å². The van der Waals surface area contributed by atoms with E-state index in [-0.39, 0.29) is 18.2 Å². The first-order chi connectivity index (χ1) is 14.2. The molecule has 29 heavy (non-hydrogen) atoms. The number of hydrogen-bond donors (Lipinski definition) is 3. The van der Waals surface area contributed by atoms with Crippen molar-refractivity contribution < 1.29 is 4.79 Å². The van der Waals surface area contributed by atoms with Gasteiger partial charge < -0.3 is 16.0 Å². The van der Waals surface area contributed by atoms with Crippen molar-refractivity contribution in [3.63, 3.8) is 0 Å². The third-order valence-electron chi connectivity index (χ3n) is 4.83. The Bertz CT molecular complexity index is 1280. The number of ketones is 1. The first-order valence-corrected chi connectivity index (χ1v) is 9.14. The summed E-state index contributed by atoms with van der Waals surface area (Å²) in [6.45, 7) is 0.511. The van der Waals surface area contributed by atoms with E-state index >= 15 is 0 Å². The number of fused-ring (bicyclic) bond motifs is 2. The number of nitrogens with zero attached hydrogens (tertiary/aromatic N) is 4. The molecule has 8 heteroatoms. The number of nitrogen functional groups attached to an aromatic ring is 1. The van der Waals surface area contributed by atoms with Crippen molar-refractivity contribution >= 4 is 40.0 Å². The lowest BCUT2D eigenvalue weighted by Gasteiger charge is -2.09. The molecule has 0 bridgehead atoms. The van der Waals surface area contributed by atoms with Crippen molar-refractivity contribution in [2.24, 2.45) is 4.99 Å². The van der Waals surface area contributed by atoms with Crippen LogP contribution in [0.2, 0.25) is 0 Å². The minimum atomic E-state index is -0.00829. The maximum Gasteiger partial charge on any atom is 0.221 e. The second-order valence-electron chi connectivity index (χ2n) is 6.82. The molecule has 0 saturated heterocycles. The van der Waals surface area contributed by atoms with Gasteiger partial charge in [0.15, 0.2) is 5.78 Å². The number of nitrogens with two attached hydrogens (primary N) is 1. The molecule has 2 aromatic heterocycles. The lowest BCUT2D eigenvalue weighted by atomic mass is 9.98. The van der Waals surface area contributed by atoms with E-state index in [9.17, 15) is 4.79 Å². The number of anilines is 3. The molecule has 5 rings (SSSR count). The Labute approximate surface area is 165 Å². The van der Waals surface area contributed by atoms with Crippen LogP contribution in [0, 0.1) is 0 Å². The first-order valence-electron chi connectivity index (χ1n) is 9.14. The molecule has 1 aliphatic rings. The number of hydrogen-bond acceptors (Lipinski definition) is 7. The Morgan fingerprint density at radius 2 is 2.07 bits per heavy atom. The van der Waals surface area contributed by atoms with Crippen LogP contribution >= 0.6 is 0 Å². The van der Waals surface area contributed by atoms with Gasteiger partial charge in [0.05, 0.1) is 23.9 Å². The van der Waals surface area contributed by atoms with Crippen molar-refractivity contribution in [2.75, 3.05) is 11.1 Å². The highest BCUT2D eigenvalue weighted by atomic mass is 16.1. The number of Topliss-reactive ketones (excluding diaryl/α,β-unsaturated/α-hetero) is 1. The molecule has 0 radical (unpaired) electrons.